The molecule has 0 saturated heterocycles. The van der Waals surface area contributed by atoms with Gasteiger partial charge in [-0.05, 0) is 30.2 Å². The number of nitrogens with one attached hydrogen (secondary N) is 1. The van der Waals surface area contributed by atoms with Gasteiger partial charge in [0, 0.05) is 30.3 Å². The second kappa shape index (κ2) is 10.1. The highest BCUT2D eigenvalue weighted by molar-refractivity contribution is 7.92. The molecular formula is C25H25FN2O5S. The number of nitrogens with zero attached hydrogens (tertiary/aromatic N) is 1. The molecule has 0 spiro atoms. The summed E-state index contributed by atoms with van der Waals surface area (Å²) in [5.74, 6) is 0.799. The van der Waals surface area contributed by atoms with Gasteiger partial charge in [0.2, 0.25) is 10.0 Å². The molecule has 4 rings (SSSR count). The standard InChI is InChI=1S/C25H25FN2O5S/c1-31-24-15-19-21(16-25(24)32-2)27-12-10-22(19)33-23-9-8-18(14-20(23)26)28-34(29,30)13-11-17-6-4-3-5-7-17/h3-9,14-16,28H,10-13H2,1-2H3. The molecule has 7 nitrogen and oxygen atoms in total. The Morgan fingerprint density at radius 3 is 2.41 bits per heavy atom. The van der Waals surface area contributed by atoms with Gasteiger partial charge in [-0.2, -0.15) is 0 Å². The third-order valence-corrected chi connectivity index (χ3v) is 6.65. The summed E-state index contributed by atoms with van der Waals surface area (Å²) in [6.07, 6.45) is 0.840. The van der Waals surface area contributed by atoms with Crippen molar-refractivity contribution in [2.24, 2.45) is 4.99 Å². The van der Waals surface area contributed by atoms with Gasteiger partial charge >= 0.3 is 0 Å². The lowest BCUT2D eigenvalue weighted by Crippen LogP contribution is -2.33. The van der Waals surface area contributed by atoms with Crippen LogP contribution in [0.15, 0.2) is 65.7 Å². The van der Waals surface area contributed by atoms with Gasteiger partial charge in [-0.3, -0.25) is 9.71 Å². The van der Waals surface area contributed by atoms with Crippen LogP contribution < -0.4 is 29.5 Å². The van der Waals surface area contributed by atoms with Gasteiger partial charge in [0.15, 0.2) is 23.1 Å². The summed E-state index contributed by atoms with van der Waals surface area (Å²) in [4.78, 5) is 4.48. The first kappa shape index (κ1) is 23.6. The maximum atomic E-state index is 14.8. The Morgan fingerprint density at radius 2 is 1.71 bits per heavy atom. The molecule has 1 aliphatic rings. The van der Waals surface area contributed by atoms with Crippen LogP contribution >= 0.6 is 0 Å². The SMILES string of the molecule is COc1cc2c(cc1OC)=C(Oc1ccc(NS(=O)(=O)CCc3ccccc3)cc1F)CCN=2. The molecule has 0 unspecified atom stereocenters. The summed E-state index contributed by atoms with van der Waals surface area (Å²) >= 11 is 0. The van der Waals surface area contributed by atoms with E-state index >= 15 is 0 Å². The van der Waals surface area contributed by atoms with Crippen LogP contribution in [-0.2, 0) is 16.4 Å². The first-order chi connectivity index (χ1) is 16.4. The number of hydrogen-bond donors (Lipinski definition) is 1. The van der Waals surface area contributed by atoms with Crippen molar-refractivity contribution in [1.29, 1.82) is 0 Å². The first-order valence-corrected chi connectivity index (χ1v) is 12.4. The molecule has 3 aromatic carbocycles. The maximum Gasteiger partial charge on any atom is 0.233 e. The largest absolute Gasteiger partial charge is 0.493 e. The van der Waals surface area contributed by atoms with Gasteiger partial charge in [-0.25, -0.2) is 12.8 Å². The van der Waals surface area contributed by atoms with Crippen molar-refractivity contribution in [3.8, 4) is 17.2 Å². The number of rotatable bonds is 9. The van der Waals surface area contributed by atoms with Crippen LogP contribution in [-0.4, -0.2) is 34.9 Å². The van der Waals surface area contributed by atoms with Crippen LogP contribution in [0.2, 0.25) is 0 Å². The lowest BCUT2D eigenvalue weighted by Gasteiger charge is -2.16. The van der Waals surface area contributed by atoms with E-state index in [1.807, 2.05) is 30.3 Å². The fraction of sp³-hybridized carbons (Fsp3) is 0.240. The van der Waals surface area contributed by atoms with Crippen molar-refractivity contribution in [3.63, 3.8) is 0 Å². The van der Waals surface area contributed by atoms with Gasteiger partial charge in [0.05, 0.1) is 31.0 Å². The third-order valence-electron chi connectivity index (χ3n) is 5.36. The molecule has 9 heteroatoms. The summed E-state index contributed by atoms with van der Waals surface area (Å²) in [6, 6.07) is 16.8. The van der Waals surface area contributed by atoms with Crippen LogP contribution in [0.25, 0.3) is 5.76 Å². The lowest BCUT2D eigenvalue weighted by atomic mass is 10.1. The van der Waals surface area contributed by atoms with Crippen molar-refractivity contribution in [3.05, 3.63) is 82.6 Å². The second-order valence-corrected chi connectivity index (χ2v) is 9.52. The van der Waals surface area contributed by atoms with E-state index in [-0.39, 0.29) is 17.2 Å². The molecule has 178 valence electrons. The maximum absolute atomic E-state index is 14.8. The number of ether oxygens (including phenoxy) is 3. The molecule has 0 atom stereocenters. The number of sulfonamides is 1. The van der Waals surface area contributed by atoms with E-state index in [1.54, 1.807) is 19.2 Å². The zero-order chi connectivity index (χ0) is 24.1. The fourth-order valence-electron chi connectivity index (χ4n) is 3.65. The minimum absolute atomic E-state index is 0.00938. The first-order valence-electron chi connectivity index (χ1n) is 10.7. The van der Waals surface area contributed by atoms with Crippen LogP contribution in [0.4, 0.5) is 10.1 Å². The number of fused-ring (bicyclic) bond motifs is 1. The van der Waals surface area contributed by atoms with Crippen LogP contribution in [0.3, 0.4) is 0 Å². The Labute approximate surface area is 197 Å². The zero-order valence-electron chi connectivity index (χ0n) is 18.9. The van der Waals surface area contributed by atoms with E-state index in [2.05, 4.69) is 9.71 Å². The van der Waals surface area contributed by atoms with E-state index in [0.29, 0.717) is 47.2 Å². The molecule has 0 aromatic heterocycles. The predicted octanol–water partition coefficient (Wildman–Crippen LogP) is 3.04. The molecule has 1 heterocycles. The summed E-state index contributed by atoms with van der Waals surface area (Å²) in [5, 5.41) is 1.36. The fourth-order valence-corrected chi connectivity index (χ4v) is 4.74. The van der Waals surface area contributed by atoms with Gasteiger partial charge in [-0.1, -0.05) is 30.3 Å². The van der Waals surface area contributed by atoms with Crippen LogP contribution in [0, 0.1) is 5.82 Å². The normalized spacial score (nSPS) is 13.0. The molecule has 0 bridgehead atoms. The lowest BCUT2D eigenvalue weighted by molar-refractivity contribution is 0.353. The van der Waals surface area contributed by atoms with Gasteiger partial charge < -0.3 is 14.2 Å². The highest BCUT2D eigenvalue weighted by atomic mass is 32.2. The monoisotopic (exact) mass is 484 g/mol. The topological polar surface area (TPSA) is 86.2 Å². The van der Waals surface area contributed by atoms with Crippen molar-refractivity contribution in [1.82, 2.24) is 0 Å². The molecular weight excluding hydrogens is 459 g/mol. The minimum Gasteiger partial charge on any atom is -0.493 e. The summed E-state index contributed by atoms with van der Waals surface area (Å²) in [7, 11) is -0.570. The average molecular weight is 485 g/mol. The number of benzene rings is 3. The highest BCUT2D eigenvalue weighted by Gasteiger charge is 2.16. The number of aryl methyl sites for hydroxylation is 1. The Morgan fingerprint density at radius 1 is 0.971 bits per heavy atom. The van der Waals surface area contributed by atoms with Gasteiger partial charge in [0.1, 0.15) is 5.76 Å². The van der Waals surface area contributed by atoms with Gasteiger partial charge in [0.25, 0.3) is 0 Å². The molecule has 3 aromatic rings. The number of methoxy groups -OCH3 is 2. The number of halogens is 1. The summed E-state index contributed by atoms with van der Waals surface area (Å²) in [6.45, 7) is 0.485. The Kier molecular flexibility index (Phi) is 7.02. The predicted molar refractivity (Wildman–Crippen MR) is 128 cm³/mol. The molecule has 34 heavy (non-hydrogen) atoms. The molecule has 1 N–H and O–H groups in total. The average Bonchev–Trinajstić information content (AvgIpc) is 2.84. The van der Waals surface area contributed by atoms with Crippen molar-refractivity contribution in [2.75, 3.05) is 31.2 Å². The van der Waals surface area contributed by atoms with Crippen LogP contribution in [0.5, 0.6) is 17.2 Å². The second-order valence-electron chi connectivity index (χ2n) is 7.68. The van der Waals surface area contributed by atoms with E-state index in [0.717, 1.165) is 11.6 Å². The van der Waals surface area contributed by atoms with Crippen LogP contribution in [0.1, 0.15) is 12.0 Å². The van der Waals surface area contributed by atoms with E-state index in [1.165, 1.54) is 19.2 Å². The molecule has 0 amide bonds. The van der Waals surface area contributed by atoms with Crippen molar-refractivity contribution < 1.29 is 27.0 Å². The quantitative estimate of drug-likeness (QED) is 0.505. The van der Waals surface area contributed by atoms with Crippen molar-refractivity contribution >= 4 is 21.5 Å². The van der Waals surface area contributed by atoms with Crippen molar-refractivity contribution in [2.45, 2.75) is 12.8 Å². The number of hydrogen-bond acceptors (Lipinski definition) is 6. The highest BCUT2D eigenvalue weighted by Crippen LogP contribution is 2.26. The number of anilines is 1. The van der Waals surface area contributed by atoms with E-state index in [4.69, 9.17) is 14.2 Å². The zero-order valence-corrected chi connectivity index (χ0v) is 19.7. The molecule has 0 aliphatic carbocycles. The van der Waals surface area contributed by atoms with E-state index < -0.39 is 15.8 Å². The Balaban J connectivity index is 1.53. The molecule has 0 radical (unpaired) electrons. The molecule has 1 aliphatic heterocycles. The summed E-state index contributed by atoms with van der Waals surface area (Å²) < 4.78 is 58.7. The Bertz CT molecular complexity index is 1410. The minimum atomic E-state index is -3.64. The third kappa shape index (κ3) is 5.48. The smallest absolute Gasteiger partial charge is 0.233 e. The van der Waals surface area contributed by atoms with E-state index in [9.17, 15) is 12.8 Å². The Hall–Kier alpha value is -3.59. The molecule has 0 fully saturated rings. The summed E-state index contributed by atoms with van der Waals surface area (Å²) in [5.41, 5.74) is 1.04. The molecule has 0 saturated carbocycles. The van der Waals surface area contributed by atoms with Gasteiger partial charge in [-0.15, -0.1) is 0 Å².